The third-order valence-electron chi connectivity index (χ3n) is 3.87. The number of aromatic nitrogens is 3. The molecule has 2 aromatic rings. The van der Waals surface area contributed by atoms with Crippen LogP contribution < -0.4 is 11.2 Å². The molecule has 154 valence electrons. The number of anilines is 1. The highest BCUT2D eigenvalue weighted by Gasteiger charge is 2.27. The van der Waals surface area contributed by atoms with Crippen molar-refractivity contribution < 1.29 is 18.0 Å². The molecule has 2 heterocycles. The van der Waals surface area contributed by atoms with Gasteiger partial charge in [-0.3, -0.25) is 14.8 Å². The van der Waals surface area contributed by atoms with E-state index < -0.39 is 19.1 Å². The number of hydrogen-bond donors (Lipinski definition) is 1. The first kappa shape index (κ1) is 21.9. The molecule has 0 bridgehead atoms. The monoisotopic (exact) mass is 406 g/mol. The van der Waals surface area contributed by atoms with E-state index in [0.717, 1.165) is 9.58 Å². The Kier molecular flexibility index (Phi) is 6.64. The summed E-state index contributed by atoms with van der Waals surface area (Å²) in [5.74, 6) is 5.38. The molecule has 29 heavy (non-hydrogen) atoms. The van der Waals surface area contributed by atoms with Gasteiger partial charge in [0.2, 0.25) is 12.4 Å². The average molecular weight is 406 g/mol. The Morgan fingerprint density at radius 2 is 1.90 bits per heavy atom. The van der Waals surface area contributed by atoms with Crippen molar-refractivity contribution in [2.75, 3.05) is 19.3 Å². The van der Waals surface area contributed by atoms with Gasteiger partial charge >= 0.3 is 6.18 Å². The summed E-state index contributed by atoms with van der Waals surface area (Å²) in [6, 6.07) is 3.51. The molecule has 0 saturated heterocycles. The standard InChI is InChI=1S/C19H21F3N6O/c1-5-6-15-16(14-9-12(2)24-13(3)10-14)17(28(11-29)18(23)25-15)26-27(4)8-7-19(20,21)22/h9-11H,7-8H2,1-4H3,(H2,23,25)/b26-17-. The van der Waals surface area contributed by atoms with Gasteiger partial charge in [0, 0.05) is 25.0 Å². The van der Waals surface area contributed by atoms with E-state index in [9.17, 15) is 18.0 Å². The van der Waals surface area contributed by atoms with Crippen molar-refractivity contribution in [3.05, 3.63) is 34.7 Å². The van der Waals surface area contributed by atoms with Crippen LogP contribution in [0, 0.1) is 25.7 Å². The van der Waals surface area contributed by atoms with Crippen LogP contribution in [0.3, 0.4) is 0 Å². The first-order valence-electron chi connectivity index (χ1n) is 8.64. The SMILES string of the molecule is CC#Cc1nc(N)n(C=O)/c(=N\N(C)CCC(F)(F)F)c1-c1cc(C)nc(C)c1. The summed E-state index contributed by atoms with van der Waals surface area (Å²) in [6.45, 7) is 4.81. The third-order valence-corrected chi connectivity index (χ3v) is 3.87. The minimum atomic E-state index is -4.33. The molecular formula is C19H21F3N6O. The summed E-state index contributed by atoms with van der Waals surface area (Å²) in [6.07, 6.45) is -4.98. The Morgan fingerprint density at radius 1 is 1.28 bits per heavy atom. The number of rotatable bonds is 5. The van der Waals surface area contributed by atoms with Gasteiger partial charge in [-0.25, -0.2) is 9.55 Å². The Balaban J connectivity index is 2.83. The van der Waals surface area contributed by atoms with Gasteiger partial charge in [0.05, 0.1) is 12.0 Å². The normalized spacial score (nSPS) is 11.8. The molecule has 0 radical (unpaired) electrons. The highest BCUT2D eigenvalue weighted by molar-refractivity contribution is 5.72. The lowest BCUT2D eigenvalue weighted by Gasteiger charge is -2.17. The number of nitrogens with two attached hydrogens (primary N) is 1. The van der Waals surface area contributed by atoms with Gasteiger partial charge in [-0.2, -0.15) is 18.3 Å². The number of carbonyl (C=O) groups excluding carboxylic acids is 1. The van der Waals surface area contributed by atoms with Crippen molar-refractivity contribution >= 4 is 12.4 Å². The second-order valence-corrected chi connectivity index (χ2v) is 6.35. The zero-order valence-corrected chi connectivity index (χ0v) is 16.5. The van der Waals surface area contributed by atoms with Crippen molar-refractivity contribution in [3.8, 4) is 23.0 Å². The molecule has 0 aliphatic carbocycles. The highest BCUT2D eigenvalue weighted by Crippen LogP contribution is 2.22. The highest BCUT2D eigenvalue weighted by atomic mass is 19.4. The first-order valence-corrected chi connectivity index (χ1v) is 8.64. The van der Waals surface area contributed by atoms with E-state index in [4.69, 9.17) is 5.73 Å². The van der Waals surface area contributed by atoms with Gasteiger partial charge in [0.25, 0.3) is 0 Å². The third kappa shape index (κ3) is 5.57. The fourth-order valence-corrected chi connectivity index (χ4v) is 2.72. The molecular weight excluding hydrogens is 385 g/mol. The van der Waals surface area contributed by atoms with Crippen LogP contribution in [0.1, 0.15) is 30.4 Å². The fraction of sp³-hybridized carbons (Fsp3) is 0.368. The Bertz CT molecular complexity index is 1030. The maximum atomic E-state index is 12.6. The van der Waals surface area contributed by atoms with E-state index in [1.54, 1.807) is 32.9 Å². The van der Waals surface area contributed by atoms with Crippen LogP contribution in [-0.2, 0) is 4.79 Å². The molecule has 0 amide bonds. The number of halogens is 3. The van der Waals surface area contributed by atoms with Gasteiger partial charge in [-0.1, -0.05) is 5.92 Å². The van der Waals surface area contributed by atoms with Crippen molar-refractivity contribution in [1.29, 1.82) is 0 Å². The number of aryl methyl sites for hydroxylation is 2. The van der Waals surface area contributed by atoms with Crippen LogP contribution in [0.15, 0.2) is 17.2 Å². The van der Waals surface area contributed by atoms with E-state index in [1.807, 2.05) is 0 Å². The minimum Gasteiger partial charge on any atom is -0.369 e. The largest absolute Gasteiger partial charge is 0.390 e. The van der Waals surface area contributed by atoms with E-state index in [-0.39, 0.29) is 17.1 Å². The molecule has 2 rings (SSSR count). The van der Waals surface area contributed by atoms with Crippen LogP contribution in [0.25, 0.3) is 11.1 Å². The molecule has 0 aromatic carbocycles. The number of nitrogen functional groups attached to an aromatic ring is 1. The van der Waals surface area contributed by atoms with E-state index in [0.29, 0.717) is 28.9 Å². The average Bonchev–Trinajstić information content (AvgIpc) is 2.59. The Hall–Kier alpha value is -3.35. The molecule has 0 saturated carbocycles. The molecule has 7 nitrogen and oxygen atoms in total. The number of carbonyl (C=O) groups is 1. The van der Waals surface area contributed by atoms with Gasteiger partial charge in [-0.15, -0.1) is 0 Å². The first-order chi connectivity index (χ1) is 13.6. The second-order valence-electron chi connectivity index (χ2n) is 6.35. The molecule has 0 atom stereocenters. The summed E-state index contributed by atoms with van der Waals surface area (Å²) in [5.41, 5.74) is 8.60. The van der Waals surface area contributed by atoms with E-state index >= 15 is 0 Å². The predicted molar refractivity (Wildman–Crippen MR) is 103 cm³/mol. The van der Waals surface area contributed by atoms with Crippen LogP contribution >= 0.6 is 0 Å². The van der Waals surface area contributed by atoms with Crippen LogP contribution in [-0.4, -0.2) is 45.7 Å². The zero-order valence-electron chi connectivity index (χ0n) is 16.5. The molecule has 0 unspecified atom stereocenters. The van der Waals surface area contributed by atoms with Crippen molar-refractivity contribution in [2.24, 2.45) is 5.10 Å². The summed E-state index contributed by atoms with van der Waals surface area (Å²) in [7, 11) is 1.38. The summed E-state index contributed by atoms with van der Waals surface area (Å²) < 4.78 is 38.7. The summed E-state index contributed by atoms with van der Waals surface area (Å²) >= 11 is 0. The number of pyridine rings is 1. The quantitative estimate of drug-likeness (QED) is 0.467. The molecule has 0 fully saturated rings. The van der Waals surface area contributed by atoms with Crippen molar-refractivity contribution in [2.45, 2.75) is 33.4 Å². The maximum absolute atomic E-state index is 12.6. The smallest absolute Gasteiger partial charge is 0.369 e. The number of hydrogen-bond acceptors (Lipinski definition) is 6. The molecule has 10 heteroatoms. The van der Waals surface area contributed by atoms with Gasteiger partial charge in [0.1, 0.15) is 5.69 Å². The second kappa shape index (κ2) is 8.77. The van der Waals surface area contributed by atoms with E-state index in [1.165, 1.54) is 7.05 Å². The number of nitrogens with zero attached hydrogens (tertiary/aromatic N) is 5. The lowest BCUT2D eigenvalue weighted by molar-refractivity contribution is -0.137. The summed E-state index contributed by atoms with van der Waals surface area (Å²) in [5, 5.41) is 5.34. The Morgan fingerprint density at radius 3 is 2.41 bits per heavy atom. The van der Waals surface area contributed by atoms with Gasteiger partial charge in [0.15, 0.2) is 5.49 Å². The van der Waals surface area contributed by atoms with Gasteiger partial charge < -0.3 is 5.73 Å². The summed E-state index contributed by atoms with van der Waals surface area (Å²) in [4.78, 5) is 20.2. The van der Waals surface area contributed by atoms with Crippen LogP contribution in [0.4, 0.5) is 19.1 Å². The lowest BCUT2D eigenvalue weighted by Crippen LogP contribution is -2.32. The fourth-order valence-electron chi connectivity index (χ4n) is 2.72. The lowest BCUT2D eigenvalue weighted by atomic mass is 10.0. The van der Waals surface area contributed by atoms with E-state index in [2.05, 4.69) is 26.9 Å². The topological polar surface area (TPSA) is 89.4 Å². The molecule has 0 spiro atoms. The zero-order chi connectivity index (χ0) is 21.8. The van der Waals surface area contributed by atoms with Crippen molar-refractivity contribution in [3.63, 3.8) is 0 Å². The molecule has 0 aliphatic heterocycles. The molecule has 2 N–H and O–H groups in total. The van der Waals surface area contributed by atoms with Crippen molar-refractivity contribution in [1.82, 2.24) is 19.5 Å². The Labute approximate surface area is 166 Å². The van der Waals surface area contributed by atoms with Crippen LogP contribution in [0.2, 0.25) is 0 Å². The number of alkyl halides is 3. The molecule has 0 aliphatic rings. The van der Waals surface area contributed by atoms with Gasteiger partial charge in [-0.05, 0) is 44.4 Å². The molecule has 2 aromatic heterocycles. The maximum Gasteiger partial charge on any atom is 0.390 e. The predicted octanol–water partition coefficient (Wildman–Crippen LogP) is 2.25. The minimum absolute atomic E-state index is 0.0416. The van der Waals surface area contributed by atoms with Crippen LogP contribution in [0.5, 0.6) is 0 Å².